The van der Waals surface area contributed by atoms with Gasteiger partial charge in [-0.1, -0.05) is 29.8 Å². The number of aromatic nitrogens is 2. The molecule has 5 rings (SSSR count). The minimum atomic E-state index is -1.04. The Bertz CT molecular complexity index is 1320. The summed E-state index contributed by atoms with van der Waals surface area (Å²) in [5.41, 5.74) is 2.53. The Labute approximate surface area is 214 Å². The van der Waals surface area contributed by atoms with Crippen LogP contribution in [-0.2, 0) is 22.1 Å². The van der Waals surface area contributed by atoms with Gasteiger partial charge in [0.2, 0.25) is 5.95 Å². The molecule has 9 heteroatoms. The van der Waals surface area contributed by atoms with Crippen molar-refractivity contribution in [3.63, 3.8) is 0 Å². The number of hydrogen-bond donors (Lipinski definition) is 1. The molecule has 1 fully saturated rings. The van der Waals surface area contributed by atoms with Gasteiger partial charge in [-0.15, -0.1) is 0 Å². The third-order valence-electron chi connectivity index (χ3n) is 6.44. The van der Waals surface area contributed by atoms with E-state index in [4.69, 9.17) is 14.7 Å². The number of hydrogen-bond acceptors (Lipinski definition) is 7. The molecule has 1 saturated heterocycles. The minimum Gasteiger partial charge on any atom is -0.444 e. The van der Waals surface area contributed by atoms with Gasteiger partial charge in [0.25, 0.3) is 0 Å². The molecule has 0 spiro atoms. The summed E-state index contributed by atoms with van der Waals surface area (Å²) >= 11 is 0. The molecule has 1 amide bonds. The van der Waals surface area contributed by atoms with E-state index in [-0.39, 0.29) is 6.04 Å². The monoisotopic (exact) mass is 507 g/mol. The maximum absolute atomic E-state index is 12.8. The van der Waals surface area contributed by atoms with Gasteiger partial charge >= 0.3 is 6.09 Å². The van der Waals surface area contributed by atoms with E-state index >= 15 is 0 Å². The van der Waals surface area contributed by atoms with Crippen molar-refractivity contribution in [1.82, 2.24) is 15.3 Å². The summed E-state index contributed by atoms with van der Waals surface area (Å²) in [4.78, 5) is 27.5. The molecular weight excluding hydrogens is 474 g/mol. The van der Waals surface area contributed by atoms with Crippen molar-refractivity contribution < 1.29 is 13.7 Å². The second-order valence-electron chi connectivity index (χ2n) is 10.5. The average molecular weight is 508 g/mol. The topological polar surface area (TPSA) is 87.7 Å². The number of carbonyl (C=O) groups is 1. The lowest BCUT2D eigenvalue weighted by Gasteiger charge is -2.25. The lowest BCUT2D eigenvalue weighted by atomic mass is 10.1. The van der Waals surface area contributed by atoms with E-state index in [0.29, 0.717) is 31.3 Å². The van der Waals surface area contributed by atoms with Gasteiger partial charge < -0.3 is 19.9 Å². The van der Waals surface area contributed by atoms with Crippen molar-refractivity contribution in [1.29, 1.82) is 0 Å². The van der Waals surface area contributed by atoms with Crippen molar-refractivity contribution in [3.05, 3.63) is 53.6 Å². The lowest BCUT2D eigenvalue weighted by Crippen LogP contribution is -2.40. The molecule has 0 aliphatic carbocycles. The van der Waals surface area contributed by atoms with E-state index in [1.54, 1.807) is 0 Å². The number of rotatable bonds is 3. The van der Waals surface area contributed by atoms with Gasteiger partial charge in [-0.3, -0.25) is 4.21 Å². The number of ether oxygens (including phenoxy) is 1. The van der Waals surface area contributed by atoms with E-state index in [9.17, 15) is 9.00 Å². The van der Waals surface area contributed by atoms with E-state index in [1.807, 2.05) is 51.1 Å². The highest BCUT2D eigenvalue weighted by Gasteiger charge is 2.29. The fourth-order valence-electron chi connectivity index (χ4n) is 4.76. The molecule has 1 N–H and O–H groups in total. The van der Waals surface area contributed by atoms with Crippen molar-refractivity contribution in [2.75, 3.05) is 35.2 Å². The van der Waals surface area contributed by atoms with Crippen LogP contribution in [0.3, 0.4) is 0 Å². The fourth-order valence-corrected chi connectivity index (χ4v) is 6.02. The Morgan fingerprint density at radius 1 is 1.11 bits per heavy atom. The summed E-state index contributed by atoms with van der Waals surface area (Å²) in [6.45, 7) is 10.3. The van der Waals surface area contributed by atoms with E-state index in [1.165, 1.54) is 0 Å². The van der Waals surface area contributed by atoms with Crippen LogP contribution in [0.2, 0.25) is 0 Å². The highest BCUT2D eigenvalue weighted by atomic mass is 32.2. The number of alkyl carbamates (subject to hydrolysis) is 1. The SMILES string of the molecule is Cc1ccc2nc(N3CCS(=O)c4ccccc4C3)nc(N3CCC(NC(=O)OC(C)(C)C)C3)c2c1. The largest absolute Gasteiger partial charge is 0.444 e. The molecule has 36 heavy (non-hydrogen) atoms. The smallest absolute Gasteiger partial charge is 0.407 e. The van der Waals surface area contributed by atoms with Crippen LogP contribution in [0.4, 0.5) is 16.6 Å². The quantitative estimate of drug-likeness (QED) is 0.569. The van der Waals surface area contributed by atoms with Crippen molar-refractivity contribution in [2.45, 2.75) is 57.2 Å². The fraction of sp³-hybridized carbons (Fsp3) is 0.444. The predicted octanol–water partition coefficient (Wildman–Crippen LogP) is 4.17. The van der Waals surface area contributed by atoms with Crippen LogP contribution in [-0.4, -0.2) is 57.3 Å². The zero-order chi connectivity index (χ0) is 25.4. The van der Waals surface area contributed by atoms with Crippen LogP contribution in [0.1, 0.15) is 38.3 Å². The number of amides is 1. The number of aryl methyl sites for hydroxylation is 1. The van der Waals surface area contributed by atoms with E-state index in [2.05, 4.69) is 34.2 Å². The first-order chi connectivity index (χ1) is 17.2. The summed E-state index contributed by atoms with van der Waals surface area (Å²) < 4.78 is 18.3. The minimum absolute atomic E-state index is 0.0226. The molecule has 0 saturated carbocycles. The van der Waals surface area contributed by atoms with Gasteiger partial charge in [0.15, 0.2) is 0 Å². The molecule has 2 aromatic carbocycles. The third kappa shape index (κ3) is 5.31. The summed E-state index contributed by atoms with van der Waals surface area (Å²) in [5.74, 6) is 2.04. The highest BCUT2D eigenvalue weighted by molar-refractivity contribution is 7.85. The van der Waals surface area contributed by atoms with Gasteiger partial charge in [-0.2, -0.15) is 4.98 Å². The standard InChI is InChI=1S/C27H33N5O3S/c1-18-9-10-22-21(15-18)24(31-12-11-20(17-31)28-26(33)35-27(2,3)4)30-25(29-22)32-13-14-36(34)23-8-6-5-7-19(23)16-32/h5-10,15,20H,11-14,16-17H2,1-4H3,(H,28,33). The second kappa shape index (κ2) is 9.69. The van der Waals surface area contributed by atoms with Crippen molar-refractivity contribution in [3.8, 4) is 0 Å². The molecule has 2 aliphatic heterocycles. The number of carbonyl (C=O) groups excluding carboxylic acids is 1. The normalized spacial score (nSPS) is 20.2. The molecule has 0 radical (unpaired) electrons. The van der Waals surface area contributed by atoms with Gasteiger partial charge in [-0.05, 0) is 57.9 Å². The van der Waals surface area contributed by atoms with Crippen LogP contribution in [0.25, 0.3) is 10.9 Å². The predicted molar refractivity (Wildman–Crippen MR) is 143 cm³/mol. The summed E-state index contributed by atoms with van der Waals surface area (Å²) in [5, 5.41) is 4.00. The summed E-state index contributed by atoms with van der Waals surface area (Å²) in [7, 11) is -1.04. The molecule has 2 atom stereocenters. The van der Waals surface area contributed by atoms with Crippen LogP contribution in [0.15, 0.2) is 47.4 Å². The Hall–Kier alpha value is -3.20. The molecule has 3 aromatic rings. The van der Waals surface area contributed by atoms with Crippen LogP contribution >= 0.6 is 0 Å². The first-order valence-corrected chi connectivity index (χ1v) is 13.7. The molecule has 2 unspecified atom stereocenters. The Morgan fingerprint density at radius 2 is 1.92 bits per heavy atom. The van der Waals surface area contributed by atoms with Crippen molar-refractivity contribution in [2.24, 2.45) is 0 Å². The summed E-state index contributed by atoms with van der Waals surface area (Å²) in [6.07, 6.45) is 0.414. The number of fused-ring (bicyclic) bond motifs is 2. The number of anilines is 2. The van der Waals surface area contributed by atoms with Gasteiger partial charge in [-0.25, -0.2) is 9.78 Å². The molecule has 8 nitrogen and oxygen atoms in total. The first kappa shape index (κ1) is 24.5. The number of nitrogens with one attached hydrogen (secondary N) is 1. The molecule has 3 heterocycles. The molecule has 190 valence electrons. The first-order valence-electron chi connectivity index (χ1n) is 12.4. The van der Waals surface area contributed by atoms with Gasteiger partial charge in [0, 0.05) is 42.2 Å². The second-order valence-corrected chi connectivity index (χ2v) is 12.1. The summed E-state index contributed by atoms with van der Waals surface area (Å²) in [6, 6.07) is 14.1. The highest BCUT2D eigenvalue weighted by Crippen LogP contribution is 2.31. The zero-order valence-corrected chi connectivity index (χ0v) is 22.1. The molecule has 0 bridgehead atoms. The van der Waals surface area contributed by atoms with Crippen LogP contribution in [0, 0.1) is 6.92 Å². The Balaban J connectivity index is 1.45. The lowest BCUT2D eigenvalue weighted by molar-refractivity contribution is 0.0509. The molecular formula is C27H33N5O3S. The van der Waals surface area contributed by atoms with E-state index < -0.39 is 22.5 Å². The molecule has 1 aromatic heterocycles. The maximum Gasteiger partial charge on any atom is 0.407 e. The van der Waals surface area contributed by atoms with Crippen LogP contribution < -0.4 is 15.1 Å². The third-order valence-corrected chi connectivity index (χ3v) is 7.88. The zero-order valence-electron chi connectivity index (χ0n) is 21.3. The maximum atomic E-state index is 12.8. The van der Waals surface area contributed by atoms with Gasteiger partial charge in [0.05, 0.1) is 22.4 Å². The van der Waals surface area contributed by atoms with Gasteiger partial charge in [0.1, 0.15) is 11.4 Å². The van der Waals surface area contributed by atoms with Crippen LogP contribution in [0.5, 0.6) is 0 Å². The Kier molecular flexibility index (Phi) is 6.59. The molecule has 2 aliphatic rings. The number of nitrogens with zero attached hydrogens (tertiary/aromatic N) is 4. The van der Waals surface area contributed by atoms with E-state index in [0.717, 1.165) is 45.7 Å². The number of benzene rings is 2. The Morgan fingerprint density at radius 3 is 2.72 bits per heavy atom. The van der Waals surface area contributed by atoms with Crippen molar-refractivity contribution >= 4 is 39.6 Å². The average Bonchev–Trinajstić information content (AvgIpc) is 3.20.